The van der Waals surface area contributed by atoms with Gasteiger partial charge in [-0.3, -0.25) is 9.55 Å². The predicted molar refractivity (Wildman–Crippen MR) is 116 cm³/mol. The van der Waals surface area contributed by atoms with Crippen molar-refractivity contribution in [1.29, 1.82) is 0 Å². The quantitative estimate of drug-likeness (QED) is 0.452. The molecule has 0 unspecified atom stereocenters. The molecular weight excluding hydrogens is 417 g/mol. The molecule has 0 aliphatic carbocycles. The lowest BCUT2D eigenvalue weighted by Crippen LogP contribution is -2.29. The van der Waals surface area contributed by atoms with Gasteiger partial charge in [0.05, 0.1) is 25.3 Å². The van der Waals surface area contributed by atoms with Crippen molar-refractivity contribution in [2.24, 2.45) is 0 Å². The molecule has 2 aromatic carbocycles. The molecule has 0 spiro atoms. The summed E-state index contributed by atoms with van der Waals surface area (Å²) >= 11 is 0. The minimum atomic E-state index is -0.633. The average molecular weight is 437 g/mol. The van der Waals surface area contributed by atoms with Gasteiger partial charge < -0.3 is 19.5 Å². The van der Waals surface area contributed by atoms with Crippen molar-refractivity contribution in [3.8, 4) is 17.2 Å². The second-order valence-corrected chi connectivity index (χ2v) is 6.80. The number of ether oxygens (including phenoxy) is 3. The molecule has 4 aromatic rings. The van der Waals surface area contributed by atoms with Gasteiger partial charge in [0.2, 0.25) is 0 Å². The molecule has 0 aliphatic heterocycles. The first-order valence-corrected chi connectivity index (χ1v) is 9.74. The van der Waals surface area contributed by atoms with Gasteiger partial charge in [0.15, 0.2) is 0 Å². The van der Waals surface area contributed by atoms with E-state index in [2.05, 4.69) is 10.3 Å². The fraction of sp³-hybridized carbons (Fsp3) is 0.174. The van der Waals surface area contributed by atoms with Crippen LogP contribution in [0.3, 0.4) is 0 Å². The first kappa shape index (κ1) is 21.1. The third kappa shape index (κ3) is 3.92. The van der Waals surface area contributed by atoms with Crippen LogP contribution in [-0.4, -0.2) is 49.0 Å². The van der Waals surface area contributed by atoms with Gasteiger partial charge in [-0.25, -0.2) is 14.0 Å². The topological polar surface area (TPSA) is 91.7 Å². The Hall–Kier alpha value is -4.14. The van der Waals surface area contributed by atoms with E-state index in [9.17, 15) is 14.0 Å². The smallest absolute Gasteiger partial charge is 0.341 e. The van der Waals surface area contributed by atoms with Crippen LogP contribution in [0.2, 0.25) is 0 Å². The van der Waals surface area contributed by atoms with Gasteiger partial charge in [-0.15, -0.1) is 0 Å². The van der Waals surface area contributed by atoms with Gasteiger partial charge in [-0.1, -0.05) is 0 Å². The van der Waals surface area contributed by atoms with Crippen LogP contribution in [0.15, 0.2) is 54.9 Å². The molecule has 32 heavy (non-hydrogen) atoms. The van der Waals surface area contributed by atoms with Gasteiger partial charge >= 0.3 is 12.0 Å². The second-order valence-electron chi connectivity index (χ2n) is 6.80. The van der Waals surface area contributed by atoms with Gasteiger partial charge in [-0.05, 0) is 36.4 Å². The normalized spacial score (nSPS) is 10.8. The van der Waals surface area contributed by atoms with E-state index in [1.807, 2.05) is 0 Å². The highest BCUT2D eigenvalue weighted by Gasteiger charge is 2.17. The zero-order valence-electron chi connectivity index (χ0n) is 17.4. The van der Waals surface area contributed by atoms with E-state index in [1.54, 1.807) is 54.9 Å². The van der Waals surface area contributed by atoms with Crippen LogP contribution in [0.4, 0.5) is 9.18 Å². The molecule has 0 radical (unpaired) electrons. The number of nitrogens with one attached hydrogen (secondary N) is 1. The molecule has 0 atom stereocenters. The van der Waals surface area contributed by atoms with Crippen molar-refractivity contribution in [2.45, 2.75) is 0 Å². The lowest BCUT2D eigenvalue weighted by Gasteiger charge is -2.12. The number of pyridine rings is 1. The van der Waals surface area contributed by atoms with Crippen LogP contribution in [0.1, 0.15) is 10.4 Å². The summed E-state index contributed by atoms with van der Waals surface area (Å²) in [5.74, 6) is 0.833. The molecule has 0 fully saturated rings. The maximum Gasteiger partial charge on any atom is 0.341 e. The molecule has 0 saturated carbocycles. The van der Waals surface area contributed by atoms with Crippen LogP contribution in [0.5, 0.6) is 17.2 Å². The highest BCUT2D eigenvalue weighted by molar-refractivity contribution is 5.99. The number of alkyl halides is 1. The molecule has 1 amide bonds. The van der Waals surface area contributed by atoms with Crippen molar-refractivity contribution in [1.82, 2.24) is 14.9 Å². The molecule has 164 valence electrons. The lowest BCUT2D eigenvalue weighted by molar-refractivity contribution is 0.0597. The first-order chi connectivity index (χ1) is 15.5. The number of halogens is 1. The summed E-state index contributed by atoms with van der Waals surface area (Å²) in [4.78, 5) is 28.6. The Kier molecular flexibility index (Phi) is 5.89. The van der Waals surface area contributed by atoms with E-state index in [-0.39, 0.29) is 12.1 Å². The summed E-state index contributed by atoms with van der Waals surface area (Å²) in [6.45, 7) is -0.681. The molecule has 8 nitrogen and oxygen atoms in total. The Morgan fingerprint density at radius 3 is 2.69 bits per heavy atom. The largest absolute Gasteiger partial charge is 0.496 e. The number of nitrogens with zero attached hydrogens (tertiary/aromatic N) is 2. The molecular formula is C23H20FN3O5. The van der Waals surface area contributed by atoms with E-state index in [1.165, 1.54) is 18.8 Å². The second kappa shape index (κ2) is 8.93. The van der Waals surface area contributed by atoms with E-state index >= 15 is 0 Å². The molecule has 2 aromatic heterocycles. The zero-order chi connectivity index (χ0) is 22.7. The molecule has 1 N–H and O–H groups in total. The Balaban J connectivity index is 1.70. The Morgan fingerprint density at radius 1 is 1.09 bits per heavy atom. The van der Waals surface area contributed by atoms with Crippen molar-refractivity contribution < 1.29 is 28.2 Å². The van der Waals surface area contributed by atoms with Crippen LogP contribution < -0.4 is 14.8 Å². The lowest BCUT2D eigenvalue weighted by atomic mass is 10.1. The maximum absolute atomic E-state index is 12.3. The summed E-state index contributed by atoms with van der Waals surface area (Å²) in [5.41, 5.74) is 1.50. The average Bonchev–Trinajstić information content (AvgIpc) is 3.24. The van der Waals surface area contributed by atoms with Crippen LogP contribution in [0.25, 0.3) is 21.8 Å². The fourth-order valence-corrected chi connectivity index (χ4v) is 3.40. The highest BCUT2D eigenvalue weighted by Crippen LogP contribution is 2.34. The fourth-order valence-electron chi connectivity index (χ4n) is 3.40. The molecule has 0 bridgehead atoms. The van der Waals surface area contributed by atoms with E-state index in [4.69, 9.17) is 14.2 Å². The maximum atomic E-state index is 12.3. The first-order valence-electron chi connectivity index (χ1n) is 9.74. The molecule has 4 rings (SSSR count). The summed E-state index contributed by atoms with van der Waals surface area (Å²) in [7, 11) is 2.76. The van der Waals surface area contributed by atoms with Crippen LogP contribution >= 0.6 is 0 Å². The number of methoxy groups -OCH3 is 2. The van der Waals surface area contributed by atoms with Gasteiger partial charge in [-0.2, -0.15) is 0 Å². The SMILES string of the molecule is COC(=O)c1cc2c(Oc3ccc4c(ccn4C(=O)NCCF)c3)ccnc2cc1OC. The number of fused-ring (bicyclic) bond motifs is 2. The minimum Gasteiger partial charge on any atom is -0.496 e. The summed E-state index contributed by atoms with van der Waals surface area (Å²) < 4.78 is 30.0. The van der Waals surface area contributed by atoms with Crippen molar-refractivity contribution in [3.63, 3.8) is 0 Å². The minimum absolute atomic E-state index is 0.0484. The van der Waals surface area contributed by atoms with Crippen molar-refractivity contribution in [2.75, 3.05) is 27.4 Å². The number of amides is 1. The van der Waals surface area contributed by atoms with Crippen molar-refractivity contribution in [3.05, 3.63) is 60.4 Å². The van der Waals surface area contributed by atoms with Crippen molar-refractivity contribution >= 4 is 33.8 Å². The predicted octanol–water partition coefficient (Wildman–Crippen LogP) is 4.30. The molecule has 9 heteroatoms. The Labute approximate surface area is 182 Å². The number of rotatable bonds is 6. The standard InChI is InChI=1S/C23H20FN3O5/c1-30-21-13-18-16(12-17(21)22(28)31-2)20(5-8-25-18)32-15-3-4-19-14(11-15)6-10-27(19)23(29)26-9-7-24/h3-6,8,10-13H,7,9H2,1-2H3,(H,26,29). The van der Waals surface area contributed by atoms with Gasteiger partial charge in [0, 0.05) is 35.8 Å². The molecule has 2 heterocycles. The summed E-state index contributed by atoms with van der Waals surface area (Å²) in [5, 5.41) is 3.87. The number of hydrogen-bond acceptors (Lipinski definition) is 6. The van der Waals surface area contributed by atoms with Crippen LogP contribution in [0, 0.1) is 0 Å². The zero-order valence-corrected chi connectivity index (χ0v) is 17.4. The summed E-state index contributed by atoms with van der Waals surface area (Å²) in [6.07, 6.45) is 3.21. The summed E-state index contributed by atoms with van der Waals surface area (Å²) in [6, 6.07) is 11.6. The van der Waals surface area contributed by atoms with Gasteiger partial charge in [0.1, 0.15) is 29.5 Å². The number of carbonyl (C=O) groups is 2. The number of esters is 1. The van der Waals surface area contributed by atoms with E-state index in [0.717, 1.165) is 5.39 Å². The Bertz CT molecular complexity index is 1320. The van der Waals surface area contributed by atoms with Crippen LogP contribution in [-0.2, 0) is 4.74 Å². The third-order valence-corrected chi connectivity index (χ3v) is 4.91. The number of aromatic nitrogens is 2. The number of hydrogen-bond donors (Lipinski definition) is 1. The van der Waals surface area contributed by atoms with E-state index < -0.39 is 18.7 Å². The Morgan fingerprint density at radius 2 is 1.94 bits per heavy atom. The third-order valence-electron chi connectivity index (χ3n) is 4.91. The highest BCUT2D eigenvalue weighted by atomic mass is 19.1. The molecule has 0 aliphatic rings. The molecule has 0 saturated heterocycles. The number of carbonyl (C=O) groups excluding carboxylic acids is 2. The number of benzene rings is 2. The van der Waals surface area contributed by atoms with E-state index in [0.29, 0.717) is 33.7 Å². The van der Waals surface area contributed by atoms with Gasteiger partial charge in [0.25, 0.3) is 0 Å². The monoisotopic (exact) mass is 437 g/mol.